The summed E-state index contributed by atoms with van der Waals surface area (Å²) in [7, 11) is 0. The van der Waals surface area contributed by atoms with Crippen LogP contribution in [0.2, 0.25) is 0 Å². The van der Waals surface area contributed by atoms with Gasteiger partial charge in [0.15, 0.2) is 0 Å². The largest absolute Gasteiger partial charge is 0.315 e. The Labute approximate surface area is 142 Å². The average Bonchev–Trinajstić information content (AvgIpc) is 2.92. The number of hydrogen-bond acceptors (Lipinski definition) is 4. The van der Waals surface area contributed by atoms with E-state index in [4.69, 9.17) is 0 Å². The van der Waals surface area contributed by atoms with E-state index < -0.39 is 0 Å². The smallest absolute Gasteiger partial charge is 0.261 e. The molecule has 1 aromatic rings. The van der Waals surface area contributed by atoms with Gasteiger partial charge in [0.1, 0.15) is 0 Å². The van der Waals surface area contributed by atoms with E-state index in [0.29, 0.717) is 29.8 Å². The van der Waals surface area contributed by atoms with Crippen molar-refractivity contribution < 1.29 is 9.59 Å². The molecule has 3 heterocycles. The molecule has 2 unspecified atom stereocenters. The predicted octanol–water partition coefficient (Wildman–Crippen LogP) is 1.53. The summed E-state index contributed by atoms with van der Waals surface area (Å²) in [4.78, 5) is 28.7. The molecule has 0 saturated carbocycles. The molecule has 2 amide bonds. The Kier molecular flexibility index (Phi) is 4.71. The molecule has 3 aliphatic rings. The summed E-state index contributed by atoms with van der Waals surface area (Å²) in [6, 6.07) is 8.28. The average molecular weight is 336 g/mol. The summed E-state index contributed by atoms with van der Waals surface area (Å²) in [6.45, 7) is 3.39. The van der Waals surface area contributed by atoms with Crippen LogP contribution in [0.1, 0.15) is 40.0 Å². The Balaban J connectivity index is 0.00000156. The molecule has 2 fully saturated rings. The molecular weight excluding hydrogens is 314 g/mol. The third kappa shape index (κ3) is 2.77. The van der Waals surface area contributed by atoms with Crippen LogP contribution in [0.5, 0.6) is 0 Å². The van der Waals surface area contributed by atoms with E-state index in [-0.39, 0.29) is 24.2 Å². The number of halogens is 1. The number of imide groups is 1. The lowest BCUT2D eigenvalue weighted by atomic mass is 10.1. The minimum Gasteiger partial charge on any atom is -0.315 e. The molecule has 2 saturated heterocycles. The van der Waals surface area contributed by atoms with Crippen LogP contribution in [0.25, 0.3) is 0 Å². The van der Waals surface area contributed by atoms with Crippen LogP contribution in [-0.4, -0.2) is 59.9 Å². The van der Waals surface area contributed by atoms with Gasteiger partial charge >= 0.3 is 0 Å². The number of carbonyl (C=O) groups excluding carboxylic acids is 2. The van der Waals surface area contributed by atoms with Gasteiger partial charge in [0.2, 0.25) is 0 Å². The zero-order chi connectivity index (χ0) is 15.1. The van der Waals surface area contributed by atoms with Crippen LogP contribution in [0, 0.1) is 0 Å². The lowest BCUT2D eigenvalue weighted by Crippen LogP contribution is -2.44. The first-order valence-corrected chi connectivity index (χ1v) is 8.17. The maximum Gasteiger partial charge on any atom is 0.261 e. The number of carbonyl (C=O) groups is 2. The fourth-order valence-corrected chi connectivity index (χ4v) is 4.10. The first kappa shape index (κ1) is 16.4. The highest BCUT2D eigenvalue weighted by Crippen LogP contribution is 2.28. The van der Waals surface area contributed by atoms with Crippen molar-refractivity contribution in [1.29, 1.82) is 0 Å². The molecule has 1 aromatic carbocycles. The molecule has 0 aliphatic carbocycles. The van der Waals surface area contributed by atoms with E-state index in [1.54, 1.807) is 12.1 Å². The van der Waals surface area contributed by atoms with Crippen molar-refractivity contribution in [3.8, 4) is 0 Å². The molecule has 23 heavy (non-hydrogen) atoms. The normalized spacial score (nSPS) is 26.9. The van der Waals surface area contributed by atoms with Crippen LogP contribution in [0.4, 0.5) is 0 Å². The Morgan fingerprint density at radius 3 is 2.30 bits per heavy atom. The van der Waals surface area contributed by atoms with Crippen molar-refractivity contribution in [2.45, 2.75) is 31.3 Å². The lowest BCUT2D eigenvalue weighted by Gasteiger charge is -2.29. The van der Waals surface area contributed by atoms with Gasteiger partial charge in [0.25, 0.3) is 11.8 Å². The number of rotatable bonds is 3. The number of benzene rings is 1. The molecule has 2 bridgehead atoms. The number of amides is 2. The third-order valence-electron chi connectivity index (χ3n) is 5.27. The van der Waals surface area contributed by atoms with Gasteiger partial charge < -0.3 is 5.32 Å². The van der Waals surface area contributed by atoms with Gasteiger partial charge in [-0.05, 0) is 37.9 Å². The fourth-order valence-electron chi connectivity index (χ4n) is 4.10. The monoisotopic (exact) mass is 335 g/mol. The van der Waals surface area contributed by atoms with Crippen molar-refractivity contribution >= 4 is 24.2 Å². The van der Waals surface area contributed by atoms with Crippen molar-refractivity contribution in [3.05, 3.63) is 35.4 Å². The summed E-state index contributed by atoms with van der Waals surface area (Å²) in [5, 5.41) is 3.48. The molecular formula is C17H22ClN3O2. The standard InChI is InChI=1S/C17H21N3O2.ClH/c21-16-14-3-1-2-4-15(14)17(22)20(16)10-9-19-12-5-6-13(19)11-18-8-7-12;/h1-4,12-13,18H,5-11H2;1H. The SMILES string of the molecule is Cl.O=C1c2ccccc2C(=O)N1CCN1C2CCNCC1CC2. The Morgan fingerprint density at radius 1 is 0.957 bits per heavy atom. The molecule has 0 aromatic heterocycles. The topological polar surface area (TPSA) is 52.7 Å². The van der Waals surface area contributed by atoms with Gasteiger partial charge in [-0.3, -0.25) is 19.4 Å². The minimum atomic E-state index is -0.138. The van der Waals surface area contributed by atoms with Crippen molar-refractivity contribution in [3.63, 3.8) is 0 Å². The second-order valence-electron chi connectivity index (χ2n) is 6.42. The molecule has 0 spiro atoms. The van der Waals surface area contributed by atoms with E-state index in [2.05, 4.69) is 10.2 Å². The van der Waals surface area contributed by atoms with Crippen molar-refractivity contribution in [1.82, 2.24) is 15.1 Å². The Bertz CT molecular complexity index is 573. The highest BCUT2D eigenvalue weighted by Gasteiger charge is 2.38. The molecule has 3 aliphatic heterocycles. The van der Waals surface area contributed by atoms with E-state index in [1.807, 2.05) is 12.1 Å². The summed E-state index contributed by atoms with van der Waals surface area (Å²) >= 11 is 0. The number of nitrogens with one attached hydrogen (secondary N) is 1. The van der Waals surface area contributed by atoms with Crippen LogP contribution in [-0.2, 0) is 0 Å². The first-order chi connectivity index (χ1) is 10.8. The summed E-state index contributed by atoms with van der Waals surface area (Å²) in [5.41, 5.74) is 1.10. The van der Waals surface area contributed by atoms with Crippen LogP contribution in [0.15, 0.2) is 24.3 Å². The van der Waals surface area contributed by atoms with E-state index >= 15 is 0 Å². The molecule has 4 rings (SSSR count). The van der Waals surface area contributed by atoms with E-state index in [9.17, 15) is 9.59 Å². The third-order valence-corrected chi connectivity index (χ3v) is 5.27. The molecule has 0 radical (unpaired) electrons. The van der Waals surface area contributed by atoms with Crippen LogP contribution in [0.3, 0.4) is 0 Å². The minimum absolute atomic E-state index is 0. The van der Waals surface area contributed by atoms with Gasteiger partial charge in [0, 0.05) is 31.7 Å². The molecule has 124 valence electrons. The summed E-state index contributed by atoms with van der Waals surface area (Å²) < 4.78 is 0. The second-order valence-corrected chi connectivity index (χ2v) is 6.42. The van der Waals surface area contributed by atoms with Crippen LogP contribution >= 0.6 is 12.4 Å². The predicted molar refractivity (Wildman–Crippen MR) is 90.1 cm³/mol. The highest BCUT2D eigenvalue weighted by molar-refractivity contribution is 6.21. The highest BCUT2D eigenvalue weighted by atomic mass is 35.5. The number of fused-ring (bicyclic) bond motifs is 3. The van der Waals surface area contributed by atoms with Crippen LogP contribution < -0.4 is 5.32 Å². The Hall–Kier alpha value is -1.43. The number of nitrogens with zero attached hydrogens (tertiary/aromatic N) is 2. The van der Waals surface area contributed by atoms with Gasteiger partial charge in [-0.2, -0.15) is 0 Å². The fraction of sp³-hybridized carbons (Fsp3) is 0.529. The maximum atomic E-state index is 12.4. The Morgan fingerprint density at radius 2 is 1.61 bits per heavy atom. The lowest BCUT2D eigenvalue weighted by molar-refractivity contribution is 0.0623. The van der Waals surface area contributed by atoms with Gasteiger partial charge in [-0.1, -0.05) is 12.1 Å². The van der Waals surface area contributed by atoms with E-state index in [0.717, 1.165) is 19.6 Å². The van der Waals surface area contributed by atoms with Crippen molar-refractivity contribution in [2.75, 3.05) is 26.2 Å². The first-order valence-electron chi connectivity index (χ1n) is 8.17. The quantitative estimate of drug-likeness (QED) is 0.851. The zero-order valence-corrected chi connectivity index (χ0v) is 13.8. The summed E-state index contributed by atoms with van der Waals surface area (Å²) in [6.07, 6.45) is 3.63. The van der Waals surface area contributed by atoms with Gasteiger partial charge in [-0.15, -0.1) is 12.4 Å². The molecule has 6 heteroatoms. The van der Waals surface area contributed by atoms with E-state index in [1.165, 1.54) is 24.2 Å². The molecule has 2 atom stereocenters. The summed E-state index contributed by atoms with van der Waals surface area (Å²) in [5.74, 6) is -0.276. The number of hydrogen-bond donors (Lipinski definition) is 1. The molecule has 1 N–H and O–H groups in total. The van der Waals surface area contributed by atoms with Crippen molar-refractivity contribution in [2.24, 2.45) is 0 Å². The maximum absolute atomic E-state index is 12.4. The second kappa shape index (κ2) is 6.59. The van der Waals surface area contributed by atoms with Gasteiger partial charge in [-0.25, -0.2) is 0 Å². The molecule has 5 nitrogen and oxygen atoms in total. The van der Waals surface area contributed by atoms with Gasteiger partial charge in [0.05, 0.1) is 11.1 Å². The zero-order valence-electron chi connectivity index (χ0n) is 13.0.